The highest BCUT2D eigenvalue weighted by atomic mass is 79.9. The summed E-state index contributed by atoms with van der Waals surface area (Å²) in [6.07, 6.45) is 0. The van der Waals surface area contributed by atoms with E-state index >= 15 is 0 Å². The first-order valence-corrected chi connectivity index (χ1v) is 5.12. The van der Waals surface area contributed by atoms with Crippen LogP contribution in [0, 0.1) is 0 Å². The zero-order valence-electron chi connectivity index (χ0n) is 5.19. The van der Waals surface area contributed by atoms with Gasteiger partial charge in [-0.15, -0.1) is 0 Å². The van der Waals surface area contributed by atoms with E-state index in [-0.39, 0.29) is 0 Å². The lowest BCUT2D eigenvalue weighted by atomic mass is 10.6. The normalized spacial score (nSPS) is 14.5. The number of hydrogen-bond acceptors (Lipinski definition) is 1. The van der Waals surface area contributed by atoms with E-state index in [1.54, 1.807) is 0 Å². The Balaban J connectivity index is 3.33. The first kappa shape index (κ1) is 8.63. The Morgan fingerprint density at radius 3 is 2.25 bits per heavy atom. The van der Waals surface area contributed by atoms with E-state index in [2.05, 4.69) is 15.9 Å². The van der Waals surface area contributed by atoms with Crippen LogP contribution in [0.2, 0.25) is 0 Å². The molecule has 1 unspecified atom stereocenters. The van der Waals surface area contributed by atoms with Gasteiger partial charge in [-0.25, -0.2) is 0 Å². The van der Waals surface area contributed by atoms with Crippen LogP contribution in [-0.2, 0) is 10.8 Å². The van der Waals surface area contributed by atoms with Crippen LogP contribution in [0.3, 0.4) is 0 Å². The SMILES string of the molecule is CC(C)S(=O)CCBr. The fourth-order valence-electron chi connectivity index (χ4n) is 0.312. The molecule has 1 nitrogen and oxygen atoms in total. The van der Waals surface area contributed by atoms with Crippen molar-refractivity contribution in [2.45, 2.75) is 19.1 Å². The van der Waals surface area contributed by atoms with Gasteiger partial charge in [0, 0.05) is 27.1 Å². The Morgan fingerprint density at radius 2 is 2.12 bits per heavy atom. The van der Waals surface area contributed by atoms with Gasteiger partial charge in [0.2, 0.25) is 0 Å². The van der Waals surface area contributed by atoms with Gasteiger partial charge >= 0.3 is 0 Å². The van der Waals surface area contributed by atoms with Crippen LogP contribution in [0.25, 0.3) is 0 Å². The zero-order valence-corrected chi connectivity index (χ0v) is 7.59. The third kappa shape index (κ3) is 3.61. The smallest absolute Gasteiger partial charge is 0.0334 e. The predicted octanol–water partition coefficient (Wildman–Crippen LogP) is 1.54. The van der Waals surface area contributed by atoms with Crippen molar-refractivity contribution in [3.05, 3.63) is 0 Å². The van der Waals surface area contributed by atoms with Crippen LogP contribution in [-0.4, -0.2) is 20.5 Å². The van der Waals surface area contributed by atoms with Gasteiger partial charge in [0.1, 0.15) is 0 Å². The van der Waals surface area contributed by atoms with Gasteiger partial charge in [0.15, 0.2) is 0 Å². The van der Waals surface area contributed by atoms with Crippen molar-refractivity contribution in [3.8, 4) is 0 Å². The molecule has 50 valence electrons. The number of halogens is 1. The molecule has 0 radical (unpaired) electrons. The second-order valence-corrected chi connectivity index (χ2v) is 4.73. The average Bonchev–Trinajstić information content (AvgIpc) is 1.67. The lowest BCUT2D eigenvalue weighted by Gasteiger charge is -2.00. The van der Waals surface area contributed by atoms with Crippen molar-refractivity contribution in [1.82, 2.24) is 0 Å². The summed E-state index contributed by atoms with van der Waals surface area (Å²) in [6, 6.07) is 0. The fourth-order valence-corrected chi connectivity index (χ4v) is 1.89. The Morgan fingerprint density at radius 1 is 1.62 bits per heavy atom. The molecule has 0 spiro atoms. The van der Waals surface area contributed by atoms with Crippen LogP contribution >= 0.6 is 15.9 Å². The van der Waals surface area contributed by atoms with Gasteiger partial charge in [0.25, 0.3) is 0 Å². The lowest BCUT2D eigenvalue weighted by Crippen LogP contribution is -2.09. The van der Waals surface area contributed by atoms with Crippen LogP contribution in [0.15, 0.2) is 0 Å². The summed E-state index contributed by atoms with van der Waals surface area (Å²) in [6.45, 7) is 3.94. The van der Waals surface area contributed by atoms with Crippen molar-refractivity contribution in [1.29, 1.82) is 0 Å². The summed E-state index contributed by atoms with van der Waals surface area (Å²) in [4.78, 5) is 0. The van der Waals surface area contributed by atoms with E-state index in [1.807, 2.05) is 13.8 Å². The average molecular weight is 199 g/mol. The third-order valence-electron chi connectivity index (χ3n) is 0.804. The molecule has 0 rings (SSSR count). The molecule has 0 amide bonds. The minimum atomic E-state index is -0.619. The Hall–Kier alpha value is 0.630. The molecule has 0 aliphatic heterocycles. The molecule has 0 saturated carbocycles. The number of hydrogen-bond donors (Lipinski definition) is 0. The fraction of sp³-hybridized carbons (Fsp3) is 1.00. The Bertz CT molecular complexity index is 82.5. The molecule has 1 atom stereocenters. The highest BCUT2D eigenvalue weighted by Gasteiger charge is 2.01. The van der Waals surface area contributed by atoms with Crippen LogP contribution in [0.4, 0.5) is 0 Å². The molecule has 0 aliphatic carbocycles. The standard InChI is InChI=1S/C5H11BrOS/c1-5(2)8(7)4-3-6/h5H,3-4H2,1-2H3. The van der Waals surface area contributed by atoms with E-state index in [1.165, 1.54) is 0 Å². The quantitative estimate of drug-likeness (QED) is 0.630. The van der Waals surface area contributed by atoms with E-state index in [4.69, 9.17) is 0 Å². The maximum absolute atomic E-state index is 10.8. The van der Waals surface area contributed by atoms with E-state index in [0.717, 1.165) is 11.1 Å². The first-order valence-electron chi connectivity index (χ1n) is 2.61. The molecule has 0 aromatic carbocycles. The van der Waals surface area contributed by atoms with Gasteiger partial charge < -0.3 is 0 Å². The maximum Gasteiger partial charge on any atom is 0.0334 e. The number of rotatable bonds is 3. The summed E-state index contributed by atoms with van der Waals surface area (Å²) < 4.78 is 10.8. The van der Waals surface area contributed by atoms with Crippen molar-refractivity contribution < 1.29 is 4.21 Å². The van der Waals surface area contributed by atoms with E-state index in [0.29, 0.717) is 5.25 Å². The van der Waals surface area contributed by atoms with Gasteiger partial charge in [-0.05, 0) is 0 Å². The van der Waals surface area contributed by atoms with Crippen molar-refractivity contribution in [2.24, 2.45) is 0 Å². The molecular formula is C5H11BrOS. The summed E-state index contributed by atoms with van der Waals surface area (Å²) in [5, 5.41) is 1.16. The summed E-state index contributed by atoms with van der Waals surface area (Å²) >= 11 is 3.23. The van der Waals surface area contributed by atoms with Gasteiger partial charge in [0.05, 0.1) is 0 Å². The summed E-state index contributed by atoms with van der Waals surface area (Å²) in [5.41, 5.74) is 0. The van der Waals surface area contributed by atoms with E-state index < -0.39 is 10.8 Å². The molecule has 0 aliphatic rings. The molecule has 0 aromatic rings. The van der Waals surface area contributed by atoms with Crippen molar-refractivity contribution in [3.63, 3.8) is 0 Å². The second-order valence-electron chi connectivity index (χ2n) is 1.82. The van der Waals surface area contributed by atoms with Gasteiger partial charge in [-0.3, -0.25) is 4.21 Å². The maximum atomic E-state index is 10.8. The molecule has 0 aromatic heterocycles. The van der Waals surface area contributed by atoms with Crippen molar-refractivity contribution in [2.75, 3.05) is 11.1 Å². The zero-order chi connectivity index (χ0) is 6.57. The number of alkyl halides is 1. The summed E-state index contributed by atoms with van der Waals surface area (Å²) in [5.74, 6) is 0.775. The first-order chi connectivity index (χ1) is 3.68. The largest absolute Gasteiger partial charge is 0.259 e. The summed E-state index contributed by atoms with van der Waals surface area (Å²) in [7, 11) is -0.619. The minimum Gasteiger partial charge on any atom is -0.259 e. The topological polar surface area (TPSA) is 17.1 Å². The Labute approximate surface area is 61.4 Å². The lowest BCUT2D eigenvalue weighted by molar-refractivity contribution is 0.678. The third-order valence-corrected chi connectivity index (χ3v) is 3.38. The van der Waals surface area contributed by atoms with E-state index in [9.17, 15) is 4.21 Å². The molecule has 3 heteroatoms. The van der Waals surface area contributed by atoms with Crippen LogP contribution in [0.1, 0.15) is 13.8 Å². The highest BCUT2D eigenvalue weighted by Crippen LogP contribution is 1.94. The molecule has 0 saturated heterocycles. The van der Waals surface area contributed by atoms with Crippen LogP contribution < -0.4 is 0 Å². The highest BCUT2D eigenvalue weighted by molar-refractivity contribution is 9.09. The van der Waals surface area contributed by atoms with Gasteiger partial charge in [-0.1, -0.05) is 29.8 Å². The molecule has 0 heterocycles. The molecule has 0 bridgehead atoms. The molecule has 0 fully saturated rings. The molecule has 8 heavy (non-hydrogen) atoms. The molecular weight excluding hydrogens is 188 g/mol. The monoisotopic (exact) mass is 198 g/mol. The minimum absolute atomic E-state index is 0.313. The Kier molecular flexibility index (Phi) is 4.86. The van der Waals surface area contributed by atoms with Gasteiger partial charge in [-0.2, -0.15) is 0 Å². The predicted molar refractivity (Wildman–Crippen MR) is 41.9 cm³/mol. The van der Waals surface area contributed by atoms with Crippen molar-refractivity contribution >= 4 is 26.7 Å². The van der Waals surface area contributed by atoms with Crippen LogP contribution in [0.5, 0.6) is 0 Å². The second kappa shape index (κ2) is 4.50. The molecule has 0 N–H and O–H groups in total.